The molecule has 0 amide bonds. The smallest absolute Gasteiger partial charge is 0.332 e. The van der Waals surface area contributed by atoms with Crippen molar-refractivity contribution in [2.24, 2.45) is 0 Å². The zero-order valence-electron chi connectivity index (χ0n) is 6.75. The second-order valence-corrected chi connectivity index (χ2v) is 4.28. The lowest BCUT2D eigenvalue weighted by molar-refractivity contribution is 0.552. The van der Waals surface area contributed by atoms with Gasteiger partial charge in [-0.3, -0.25) is 0 Å². The first kappa shape index (κ1) is 8.50. The number of nitrogens with one attached hydrogen (secondary N) is 1. The fourth-order valence-electron chi connectivity index (χ4n) is 1.42. The minimum Gasteiger partial charge on any atom is -0.384 e. The summed E-state index contributed by atoms with van der Waals surface area (Å²) in [4.78, 5) is -0.277. The van der Waals surface area contributed by atoms with Crippen molar-refractivity contribution in [2.45, 2.75) is 11.3 Å². The number of hydrogen-bond donors (Lipinski definition) is 1. The predicted molar refractivity (Wildman–Crippen MR) is 46.9 cm³/mol. The van der Waals surface area contributed by atoms with E-state index in [-0.39, 0.29) is 4.90 Å². The van der Waals surface area contributed by atoms with Gasteiger partial charge in [-0.1, -0.05) is 6.07 Å². The van der Waals surface area contributed by atoms with E-state index in [9.17, 15) is 12.3 Å². The van der Waals surface area contributed by atoms with Crippen molar-refractivity contribution in [3.8, 4) is 0 Å². The molecular formula is C8H8FNO2S. The highest BCUT2D eigenvalue weighted by atomic mass is 32.3. The van der Waals surface area contributed by atoms with Gasteiger partial charge < -0.3 is 5.32 Å². The Morgan fingerprint density at radius 1 is 1.38 bits per heavy atom. The van der Waals surface area contributed by atoms with Crippen LogP contribution in [0.15, 0.2) is 23.1 Å². The molecule has 1 aromatic carbocycles. The Labute approximate surface area is 75.8 Å². The monoisotopic (exact) mass is 201 g/mol. The summed E-state index contributed by atoms with van der Waals surface area (Å²) >= 11 is 0. The van der Waals surface area contributed by atoms with Crippen LogP contribution in [0.4, 0.5) is 9.57 Å². The Kier molecular flexibility index (Phi) is 1.76. The molecule has 0 aliphatic carbocycles. The normalized spacial score (nSPS) is 15.2. The second-order valence-electron chi connectivity index (χ2n) is 2.93. The second kappa shape index (κ2) is 2.70. The fraction of sp³-hybridized carbons (Fsp3) is 0.250. The van der Waals surface area contributed by atoms with Crippen LogP contribution < -0.4 is 5.32 Å². The van der Waals surface area contributed by atoms with Crippen molar-refractivity contribution in [2.75, 3.05) is 11.9 Å². The third kappa shape index (κ3) is 1.51. The lowest BCUT2D eigenvalue weighted by Gasteiger charge is -2.00. The molecule has 1 N–H and O–H groups in total. The summed E-state index contributed by atoms with van der Waals surface area (Å²) in [6.07, 6.45) is 0.863. The highest BCUT2D eigenvalue weighted by Crippen LogP contribution is 2.25. The predicted octanol–water partition coefficient (Wildman–Crippen LogP) is 1.31. The van der Waals surface area contributed by atoms with E-state index >= 15 is 0 Å². The molecule has 2 rings (SSSR count). The number of rotatable bonds is 1. The molecular weight excluding hydrogens is 193 g/mol. The summed E-state index contributed by atoms with van der Waals surface area (Å²) in [5, 5.41) is 2.98. The van der Waals surface area contributed by atoms with Crippen molar-refractivity contribution in [3.05, 3.63) is 23.8 Å². The van der Waals surface area contributed by atoms with Gasteiger partial charge in [0.1, 0.15) is 4.90 Å². The Bertz CT molecular complexity index is 441. The van der Waals surface area contributed by atoms with E-state index in [1.807, 2.05) is 0 Å². The molecule has 0 spiro atoms. The zero-order chi connectivity index (χ0) is 9.47. The van der Waals surface area contributed by atoms with Crippen LogP contribution in [0.1, 0.15) is 5.56 Å². The molecule has 1 heterocycles. The first-order chi connectivity index (χ1) is 6.07. The van der Waals surface area contributed by atoms with Crippen LogP contribution in [0.2, 0.25) is 0 Å². The van der Waals surface area contributed by atoms with Gasteiger partial charge in [0.15, 0.2) is 0 Å². The minimum atomic E-state index is -4.56. The summed E-state index contributed by atoms with van der Waals surface area (Å²) < 4.78 is 33.6. The van der Waals surface area contributed by atoms with Crippen LogP contribution >= 0.6 is 0 Å². The average Bonchev–Trinajstić information content (AvgIpc) is 2.47. The van der Waals surface area contributed by atoms with Crippen LogP contribution in [0.3, 0.4) is 0 Å². The van der Waals surface area contributed by atoms with E-state index in [2.05, 4.69) is 5.32 Å². The van der Waals surface area contributed by atoms with Gasteiger partial charge in [-0.05, 0) is 24.1 Å². The number of fused-ring (bicyclic) bond motifs is 1. The van der Waals surface area contributed by atoms with E-state index in [1.165, 1.54) is 12.1 Å². The van der Waals surface area contributed by atoms with Crippen LogP contribution in [-0.2, 0) is 16.6 Å². The SMILES string of the molecule is O=S(=O)(F)c1ccc2c(c1)NCC2. The third-order valence-electron chi connectivity index (χ3n) is 2.07. The van der Waals surface area contributed by atoms with Gasteiger partial charge in [0, 0.05) is 12.2 Å². The van der Waals surface area contributed by atoms with Gasteiger partial charge in [0.25, 0.3) is 0 Å². The first-order valence-electron chi connectivity index (χ1n) is 3.89. The molecule has 1 aliphatic rings. The van der Waals surface area contributed by atoms with Gasteiger partial charge in [-0.25, -0.2) is 0 Å². The van der Waals surface area contributed by atoms with Crippen LogP contribution in [0.5, 0.6) is 0 Å². The Morgan fingerprint density at radius 2 is 2.15 bits per heavy atom. The Morgan fingerprint density at radius 3 is 2.85 bits per heavy atom. The van der Waals surface area contributed by atoms with E-state index < -0.39 is 10.2 Å². The number of halogens is 1. The first-order valence-corrected chi connectivity index (χ1v) is 5.27. The molecule has 0 atom stereocenters. The Hall–Kier alpha value is -1.10. The van der Waals surface area contributed by atoms with Gasteiger partial charge in [-0.15, -0.1) is 3.89 Å². The van der Waals surface area contributed by atoms with Crippen molar-refractivity contribution in [1.29, 1.82) is 0 Å². The third-order valence-corrected chi connectivity index (χ3v) is 2.89. The highest BCUT2D eigenvalue weighted by molar-refractivity contribution is 7.86. The molecule has 1 aromatic rings. The van der Waals surface area contributed by atoms with Crippen molar-refractivity contribution >= 4 is 15.9 Å². The summed E-state index contributed by atoms with van der Waals surface area (Å²) in [6, 6.07) is 4.26. The Balaban J connectivity index is 2.54. The summed E-state index contributed by atoms with van der Waals surface area (Å²) in [7, 11) is -4.56. The molecule has 0 saturated carbocycles. The van der Waals surface area contributed by atoms with E-state index in [0.29, 0.717) is 0 Å². The quantitative estimate of drug-likeness (QED) is 0.697. The van der Waals surface area contributed by atoms with E-state index in [0.717, 1.165) is 24.2 Å². The van der Waals surface area contributed by atoms with Crippen molar-refractivity contribution < 1.29 is 12.3 Å². The maximum Gasteiger partial charge on any atom is 0.332 e. The molecule has 1 aliphatic heterocycles. The van der Waals surface area contributed by atoms with E-state index in [1.54, 1.807) is 6.07 Å². The fourth-order valence-corrected chi connectivity index (χ4v) is 1.91. The number of hydrogen-bond acceptors (Lipinski definition) is 3. The average molecular weight is 201 g/mol. The summed E-state index contributed by atoms with van der Waals surface area (Å²) in [6.45, 7) is 0.783. The molecule has 5 heteroatoms. The lowest BCUT2D eigenvalue weighted by Crippen LogP contribution is -1.94. The minimum absolute atomic E-state index is 0.277. The molecule has 13 heavy (non-hydrogen) atoms. The molecule has 0 bridgehead atoms. The molecule has 0 aromatic heterocycles. The molecule has 0 saturated heterocycles. The summed E-state index contributed by atoms with van der Waals surface area (Å²) in [5.41, 5.74) is 1.76. The largest absolute Gasteiger partial charge is 0.384 e. The van der Waals surface area contributed by atoms with Gasteiger partial charge in [-0.2, -0.15) is 8.42 Å². The summed E-state index contributed by atoms with van der Waals surface area (Å²) in [5.74, 6) is 0. The highest BCUT2D eigenvalue weighted by Gasteiger charge is 2.16. The zero-order valence-corrected chi connectivity index (χ0v) is 7.57. The lowest BCUT2D eigenvalue weighted by atomic mass is 10.2. The van der Waals surface area contributed by atoms with Crippen LogP contribution in [0.25, 0.3) is 0 Å². The molecule has 70 valence electrons. The van der Waals surface area contributed by atoms with E-state index in [4.69, 9.17) is 0 Å². The van der Waals surface area contributed by atoms with Gasteiger partial charge in [0.05, 0.1) is 0 Å². The maximum atomic E-state index is 12.5. The van der Waals surface area contributed by atoms with Crippen molar-refractivity contribution in [3.63, 3.8) is 0 Å². The topological polar surface area (TPSA) is 46.2 Å². The van der Waals surface area contributed by atoms with Gasteiger partial charge in [0.2, 0.25) is 0 Å². The standard InChI is InChI=1S/C8H8FNO2S/c9-13(11,12)7-2-1-6-3-4-10-8(6)5-7/h1-2,5,10H,3-4H2. The van der Waals surface area contributed by atoms with Crippen LogP contribution in [0, 0.1) is 0 Å². The molecule has 0 unspecified atom stereocenters. The molecule has 3 nitrogen and oxygen atoms in total. The van der Waals surface area contributed by atoms with Crippen LogP contribution in [-0.4, -0.2) is 15.0 Å². The molecule has 0 fully saturated rings. The van der Waals surface area contributed by atoms with Gasteiger partial charge >= 0.3 is 10.2 Å². The number of benzene rings is 1. The molecule has 0 radical (unpaired) electrons. The number of anilines is 1. The van der Waals surface area contributed by atoms with Crippen molar-refractivity contribution in [1.82, 2.24) is 0 Å². The maximum absolute atomic E-state index is 12.5.